The lowest BCUT2D eigenvalue weighted by molar-refractivity contribution is -0.135. The molecule has 0 heterocycles. The first-order valence-electron chi connectivity index (χ1n) is 8.20. The molecule has 10 heteroatoms. The summed E-state index contributed by atoms with van der Waals surface area (Å²) in [5, 5.41) is 23.5. The Morgan fingerprint density at radius 3 is 2.37 bits per heavy atom. The lowest BCUT2D eigenvalue weighted by Crippen LogP contribution is -2.44. The highest BCUT2D eigenvalue weighted by Gasteiger charge is 2.22. The van der Waals surface area contributed by atoms with Crippen LogP contribution in [0.15, 0.2) is 42.1 Å². The van der Waals surface area contributed by atoms with Crippen molar-refractivity contribution in [1.29, 1.82) is 5.41 Å². The molecule has 1 unspecified atom stereocenters. The van der Waals surface area contributed by atoms with Crippen LogP contribution in [0.1, 0.15) is 26.7 Å². The predicted octanol–water partition coefficient (Wildman–Crippen LogP) is 3.01. The van der Waals surface area contributed by atoms with Crippen LogP contribution in [-0.2, 0) is 4.79 Å². The van der Waals surface area contributed by atoms with Crippen molar-refractivity contribution in [3.05, 3.63) is 37.1 Å². The highest BCUT2D eigenvalue weighted by atomic mass is 32.2. The molecule has 1 atom stereocenters. The molecular weight excluding hydrogens is 371 g/mol. The summed E-state index contributed by atoms with van der Waals surface area (Å²) < 4.78 is 13.3. The smallest absolute Gasteiger partial charge is 0.311 e. The van der Waals surface area contributed by atoms with E-state index in [1.54, 1.807) is 31.2 Å². The average Bonchev–Trinajstić information content (AvgIpc) is 2.58. The second-order valence-electron chi connectivity index (χ2n) is 5.37. The summed E-state index contributed by atoms with van der Waals surface area (Å²) in [4.78, 5) is 16.7. The lowest BCUT2D eigenvalue weighted by atomic mass is 10.3. The maximum atomic E-state index is 13.3. The maximum absolute atomic E-state index is 13.3. The number of hydrogen-bond donors (Lipinski definition) is 3. The molecule has 0 rings (SSSR count). The number of thioether (sulfide) groups is 1. The van der Waals surface area contributed by atoms with Crippen molar-refractivity contribution in [1.82, 2.24) is 20.2 Å². The van der Waals surface area contributed by atoms with Gasteiger partial charge in [0.15, 0.2) is 5.17 Å². The molecule has 152 valence electrons. The van der Waals surface area contributed by atoms with Gasteiger partial charge < -0.3 is 15.3 Å². The zero-order valence-corrected chi connectivity index (χ0v) is 17.3. The third kappa shape index (κ3) is 7.73. The minimum Gasteiger partial charge on any atom is -0.481 e. The van der Waals surface area contributed by atoms with Gasteiger partial charge in [-0.05, 0) is 19.5 Å². The molecule has 0 radical (unpaired) electrons. The number of hydrogen-bond acceptors (Lipinski definition) is 6. The number of alkyl halides is 1. The number of carboxylic acid groups (broad SMARTS) is 1. The molecule has 0 fully saturated rings. The van der Waals surface area contributed by atoms with E-state index in [9.17, 15) is 9.18 Å². The first-order chi connectivity index (χ1) is 12.6. The van der Waals surface area contributed by atoms with Crippen molar-refractivity contribution in [2.45, 2.75) is 32.2 Å². The quantitative estimate of drug-likeness (QED) is 0.295. The molecule has 8 nitrogen and oxygen atoms in total. The largest absolute Gasteiger partial charge is 0.481 e. The third-order valence-electron chi connectivity index (χ3n) is 3.52. The first-order valence-corrected chi connectivity index (χ1v) is 9.08. The molecule has 0 aromatic rings. The number of rotatable bonds is 10. The number of carbonyl (C=O) groups is 1. The summed E-state index contributed by atoms with van der Waals surface area (Å²) in [7, 11) is 5.06. The number of nitrogens with zero attached hydrogens (tertiary/aromatic N) is 4. The minimum absolute atomic E-state index is 0.0156. The Balaban J connectivity index is 5.97. The normalized spacial score (nSPS) is 13.2. The van der Waals surface area contributed by atoms with E-state index in [1.807, 2.05) is 6.92 Å². The molecule has 0 aliphatic heterocycles. The van der Waals surface area contributed by atoms with Crippen molar-refractivity contribution in [3.8, 4) is 0 Å². The van der Waals surface area contributed by atoms with Gasteiger partial charge in [-0.2, -0.15) is 0 Å². The summed E-state index contributed by atoms with van der Waals surface area (Å²) in [5.74, 6) is -0.212. The fourth-order valence-electron chi connectivity index (χ4n) is 2.19. The first kappa shape index (κ1) is 24.5. The highest BCUT2D eigenvalue weighted by molar-refractivity contribution is 8.14. The zero-order chi connectivity index (χ0) is 21.1. The molecule has 0 bridgehead atoms. The average molecular weight is 401 g/mol. The number of allylic oxidation sites excluding steroid dienone is 1. The SMILES string of the molecule is C=CN=C(CC(=O)O)N(C)N(C)/C(CC)=C(\NC=C)N(C)C(=N)SC(C)F. The molecule has 0 aromatic carbocycles. The van der Waals surface area contributed by atoms with Crippen molar-refractivity contribution in [3.63, 3.8) is 0 Å². The number of carboxylic acids is 1. The van der Waals surface area contributed by atoms with E-state index in [4.69, 9.17) is 10.5 Å². The third-order valence-corrected chi connectivity index (χ3v) is 4.35. The molecule has 0 saturated carbocycles. The van der Waals surface area contributed by atoms with Crippen molar-refractivity contribution in [2.75, 3.05) is 21.1 Å². The highest BCUT2D eigenvalue weighted by Crippen LogP contribution is 2.21. The topological polar surface area (TPSA) is 95.3 Å². The number of nitrogens with one attached hydrogen (secondary N) is 2. The van der Waals surface area contributed by atoms with Gasteiger partial charge in [0, 0.05) is 27.3 Å². The van der Waals surface area contributed by atoms with E-state index in [2.05, 4.69) is 23.5 Å². The predicted molar refractivity (Wildman–Crippen MR) is 110 cm³/mol. The van der Waals surface area contributed by atoms with E-state index in [0.717, 1.165) is 17.5 Å². The van der Waals surface area contributed by atoms with Gasteiger partial charge in [0.1, 0.15) is 23.6 Å². The fraction of sp³-hybridized carbons (Fsp3) is 0.471. The van der Waals surface area contributed by atoms with Crippen LogP contribution in [-0.4, -0.2) is 63.6 Å². The molecule has 0 amide bonds. The van der Waals surface area contributed by atoms with Crippen LogP contribution in [0.5, 0.6) is 0 Å². The monoisotopic (exact) mass is 400 g/mol. The van der Waals surface area contributed by atoms with E-state index in [0.29, 0.717) is 12.2 Å². The van der Waals surface area contributed by atoms with E-state index in [-0.39, 0.29) is 17.4 Å². The summed E-state index contributed by atoms with van der Waals surface area (Å²) in [6, 6.07) is 0. The van der Waals surface area contributed by atoms with E-state index in [1.165, 1.54) is 24.2 Å². The van der Waals surface area contributed by atoms with Gasteiger partial charge >= 0.3 is 5.97 Å². The molecule has 3 N–H and O–H groups in total. The van der Waals surface area contributed by atoms with Crippen LogP contribution in [0.3, 0.4) is 0 Å². The van der Waals surface area contributed by atoms with Crippen molar-refractivity contribution in [2.24, 2.45) is 4.99 Å². The second-order valence-corrected chi connectivity index (χ2v) is 6.64. The molecule has 0 aliphatic rings. The van der Waals surface area contributed by atoms with Crippen LogP contribution >= 0.6 is 11.8 Å². The van der Waals surface area contributed by atoms with Crippen LogP contribution in [0, 0.1) is 5.41 Å². The Hall–Kier alpha value is -2.49. The maximum Gasteiger partial charge on any atom is 0.311 e. The van der Waals surface area contributed by atoms with Crippen LogP contribution in [0.4, 0.5) is 4.39 Å². The Bertz CT molecular complexity index is 621. The lowest BCUT2D eigenvalue weighted by Gasteiger charge is -2.36. The number of hydrazine groups is 1. The van der Waals surface area contributed by atoms with Crippen molar-refractivity contribution >= 4 is 28.7 Å². The Labute approximate surface area is 164 Å². The summed E-state index contributed by atoms with van der Waals surface area (Å²) in [6.45, 7) is 10.5. The molecular formula is C17H29FN6O2S. The van der Waals surface area contributed by atoms with Crippen LogP contribution in [0.2, 0.25) is 0 Å². The molecule has 0 saturated heterocycles. The zero-order valence-electron chi connectivity index (χ0n) is 16.5. The number of halogens is 1. The van der Waals surface area contributed by atoms with Gasteiger partial charge in [-0.3, -0.25) is 20.2 Å². The fourth-order valence-corrected chi connectivity index (χ4v) is 2.75. The Kier molecular flexibility index (Phi) is 10.9. The Morgan fingerprint density at radius 1 is 1.37 bits per heavy atom. The molecule has 0 aliphatic carbocycles. The van der Waals surface area contributed by atoms with Gasteiger partial charge in [-0.15, -0.1) is 0 Å². The summed E-state index contributed by atoms with van der Waals surface area (Å²) in [6.07, 6.45) is 3.00. The Morgan fingerprint density at radius 2 is 1.96 bits per heavy atom. The molecule has 0 spiro atoms. The second kappa shape index (κ2) is 12.0. The van der Waals surface area contributed by atoms with Gasteiger partial charge in [-0.1, -0.05) is 31.8 Å². The standard InChI is InChI=1S/C17H29FN6O2S/c1-8-13(16(21-10-3)22(5)17(19)27-12(4)18)23(6)24(7)14(20-9-2)11-15(25)26/h9-10,12,19,21H,2-3,8,11H2,1,4-7H3,(H,25,26)/b16-13+,19-17?,20-14?. The number of aliphatic imine (C=N–C) groups is 1. The van der Waals surface area contributed by atoms with Gasteiger partial charge in [0.05, 0.1) is 5.70 Å². The number of amidine groups is 2. The van der Waals surface area contributed by atoms with Gasteiger partial charge in [0.2, 0.25) is 0 Å². The van der Waals surface area contributed by atoms with Gasteiger partial charge in [-0.25, -0.2) is 9.38 Å². The summed E-state index contributed by atoms with van der Waals surface area (Å²) >= 11 is 0.775. The molecule has 0 aromatic heterocycles. The minimum atomic E-state index is -1.22. The van der Waals surface area contributed by atoms with Crippen LogP contribution in [0.25, 0.3) is 0 Å². The van der Waals surface area contributed by atoms with Gasteiger partial charge in [0.25, 0.3) is 0 Å². The number of aliphatic carboxylic acids is 1. The molecule has 27 heavy (non-hydrogen) atoms. The van der Waals surface area contributed by atoms with E-state index < -0.39 is 11.5 Å². The van der Waals surface area contributed by atoms with Crippen molar-refractivity contribution < 1.29 is 14.3 Å². The van der Waals surface area contributed by atoms with Crippen LogP contribution < -0.4 is 5.32 Å². The summed E-state index contributed by atoms with van der Waals surface area (Å²) in [5.41, 5.74) is -0.504. The van der Waals surface area contributed by atoms with E-state index >= 15 is 0 Å².